The number of allylic oxidation sites excluding steroid dienone is 2. The smallest absolute Gasteiger partial charge is 0.154 e. The normalized spacial score (nSPS) is 12.1. The summed E-state index contributed by atoms with van der Waals surface area (Å²) in [5.74, 6) is 0.305. The van der Waals surface area contributed by atoms with Gasteiger partial charge in [-0.2, -0.15) is 0 Å². The zero-order valence-corrected chi connectivity index (χ0v) is 29.6. The van der Waals surface area contributed by atoms with Crippen LogP contribution in [-0.4, -0.2) is 16.2 Å². The lowest BCUT2D eigenvalue weighted by Crippen LogP contribution is -2.16. The summed E-state index contributed by atoms with van der Waals surface area (Å²) in [4.78, 5) is 4.37. The summed E-state index contributed by atoms with van der Waals surface area (Å²) in [5.41, 5.74) is 12.3. The molecule has 0 aliphatic carbocycles. The summed E-state index contributed by atoms with van der Waals surface area (Å²) in [6.07, 6.45) is 4.88. The van der Waals surface area contributed by atoms with Gasteiger partial charge in [-0.1, -0.05) is 140 Å². The zero-order chi connectivity index (χ0) is 35.8. The maximum absolute atomic E-state index is 8.39. The molecule has 0 spiro atoms. The van der Waals surface area contributed by atoms with E-state index in [2.05, 4.69) is 133 Å². The van der Waals surface area contributed by atoms with Crippen LogP contribution in [0.25, 0.3) is 69.2 Å². The SMILES string of the molecule is C=C/C=C(\C=C)C(=N)N=C(N)c1cccc(-n2c3ccccc3c3c4ccc5c(ccc6sc7ccccc7c65)c4ccc32)c1.Cc1ccccc1. The van der Waals surface area contributed by atoms with Crippen molar-refractivity contribution in [1.29, 1.82) is 5.41 Å². The molecule has 9 rings (SSSR count). The van der Waals surface area contributed by atoms with Crippen molar-refractivity contribution >= 4 is 86.5 Å². The predicted molar refractivity (Wildman–Crippen MR) is 227 cm³/mol. The molecule has 4 nitrogen and oxygen atoms in total. The van der Waals surface area contributed by atoms with Crippen LogP contribution in [0.3, 0.4) is 0 Å². The largest absolute Gasteiger partial charge is 0.383 e. The van der Waals surface area contributed by atoms with Crippen LogP contribution >= 0.6 is 11.3 Å². The number of nitrogens with one attached hydrogen (secondary N) is 1. The molecule has 7 aromatic carbocycles. The molecule has 250 valence electrons. The van der Waals surface area contributed by atoms with Gasteiger partial charge in [0.2, 0.25) is 0 Å². The molecule has 0 atom stereocenters. The third-order valence-corrected chi connectivity index (χ3v) is 10.7. The van der Waals surface area contributed by atoms with Crippen LogP contribution in [-0.2, 0) is 0 Å². The highest BCUT2D eigenvalue weighted by Crippen LogP contribution is 2.43. The Kier molecular flexibility index (Phi) is 8.55. The van der Waals surface area contributed by atoms with Crippen molar-refractivity contribution < 1.29 is 0 Å². The maximum atomic E-state index is 8.39. The highest BCUT2D eigenvalue weighted by atomic mass is 32.1. The number of para-hydroxylation sites is 1. The second kappa shape index (κ2) is 13.6. The molecule has 0 aliphatic heterocycles. The lowest BCUT2D eigenvalue weighted by molar-refractivity contribution is 1.18. The van der Waals surface area contributed by atoms with E-state index in [1.807, 2.05) is 47.7 Å². The van der Waals surface area contributed by atoms with E-state index in [0.717, 1.165) is 22.3 Å². The molecular weight excluding hydrogens is 653 g/mol. The monoisotopic (exact) mass is 688 g/mol. The van der Waals surface area contributed by atoms with Crippen molar-refractivity contribution in [3.05, 3.63) is 188 Å². The Morgan fingerprint density at radius 2 is 1.33 bits per heavy atom. The van der Waals surface area contributed by atoms with E-state index in [9.17, 15) is 0 Å². The van der Waals surface area contributed by atoms with Crippen LogP contribution in [0.4, 0.5) is 0 Å². The van der Waals surface area contributed by atoms with Crippen LogP contribution in [0.5, 0.6) is 0 Å². The number of thiophene rings is 1. The summed E-state index contributed by atoms with van der Waals surface area (Å²) >= 11 is 1.85. The average Bonchev–Trinajstić information content (AvgIpc) is 3.73. The molecule has 0 saturated carbocycles. The Bertz CT molecular complexity index is 2920. The minimum absolute atomic E-state index is 0.0380. The van der Waals surface area contributed by atoms with E-state index in [4.69, 9.17) is 11.1 Å². The topological polar surface area (TPSA) is 67.2 Å². The third-order valence-electron chi connectivity index (χ3n) is 9.53. The number of aryl methyl sites for hydroxylation is 1. The van der Waals surface area contributed by atoms with Crippen molar-refractivity contribution in [2.24, 2.45) is 10.7 Å². The molecule has 0 fully saturated rings. The summed E-state index contributed by atoms with van der Waals surface area (Å²) in [6.45, 7) is 9.57. The van der Waals surface area contributed by atoms with Crippen molar-refractivity contribution in [3.8, 4) is 5.69 Å². The number of nitrogens with two attached hydrogens (primary N) is 1. The lowest BCUT2D eigenvalue weighted by Gasteiger charge is -2.11. The third kappa shape index (κ3) is 5.67. The fourth-order valence-corrected chi connectivity index (χ4v) is 8.27. The quantitative estimate of drug-likeness (QED) is 0.0803. The Labute approximate surface area is 306 Å². The Morgan fingerprint density at radius 3 is 2.06 bits per heavy atom. The van der Waals surface area contributed by atoms with Gasteiger partial charge in [-0.3, -0.25) is 5.41 Å². The highest BCUT2D eigenvalue weighted by molar-refractivity contribution is 7.26. The number of amidine groups is 2. The van der Waals surface area contributed by atoms with Gasteiger partial charge >= 0.3 is 0 Å². The first kappa shape index (κ1) is 32.6. The summed E-state index contributed by atoms with van der Waals surface area (Å²) in [7, 11) is 0. The van der Waals surface area contributed by atoms with Crippen LogP contribution in [0.15, 0.2) is 181 Å². The first-order chi connectivity index (χ1) is 25.5. The van der Waals surface area contributed by atoms with Gasteiger partial charge in [0.1, 0.15) is 5.84 Å². The molecule has 5 heteroatoms. The van der Waals surface area contributed by atoms with Gasteiger partial charge in [0.15, 0.2) is 5.84 Å². The Morgan fingerprint density at radius 1 is 0.654 bits per heavy atom. The van der Waals surface area contributed by atoms with Gasteiger partial charge in [0.05, 0.1) is 11.0 Å². The molecule has 0 amide bonds. The molecule has 2 heterocycles. The fraction of sp³-hybridized carbons (Fsp3) is 0.0213. The summed E-state index contributed by atoms with van der Waals surface area (Å²) < 4.78 is 4.92. The molecule has 0 unspecified atom stereocenters. The van der Waals surface area contributed by atoms with E-state index in [1.54, 1.807) is 18.2 Å². The maximum Gasteiger partial charge on any atom is 0.154 e. The van der Waals surface area contributed by atoms with Crippen LogP contribution < -0.4 is 5.73 Å². The first-order valence-electron chi connectivity index (χ1n) is 17.2. The lowest BCUT2D eigenvalue weighted by atomic mass is 9.96. The highest BCUT2D eigenvalue weighted by Gasteiger charge is 2.17. The number of aliphatic imine (C=N–C) groups is 1. The van der Waals surface area contributed by atoms with Gasteiger partial charge in [-0.05, 0) is 64.9 Å². The van der Waals surface area contributed by atoms with Gasteiger partial charge in [-0.25, -0.2) is 4.99 Å². The number of benzene rings is 7. The molecule has 3 N–H and O–H groups in total. The van der Waals surface area contributed by atoms with Gasteiger partial charge in [-0.15, -0.1) is 11.3 Å². The molecule has 0 bridgehead atoms. The molecule has 0 radical (unpaired) electrons. The van der Waals surface area contributed by atoms with Crippen molar-refractivity contribution in [2.45, 2.75) is 6.92 Å². The van der Waals surface area contributed by atoms with Crippen LogP contribution in [0.1, 0.15) is 11.1 Å². The minimum Gasteiger partial charge on any atom is -0.383 e. The second-order valence-corrected chi connectivity index (χ2v) is 13.8. The van der Waals surface area contributed by atoms with E-state index < -0.39 is 0 Å². The van der Waals surface area contributed by atoms with Crippen molar-refractivity contribution in [2.75, 3.05) is 0 Å². The number of hydrogen-bond acceptors (Lipinski definition) is 2. The van der Waals surface area contributed by atoms with E-state index in [1.165, 1.54) is 58.1 Å². The second-order valence-electron chi connectivity index (χ2n) is 12.7. The van der Waals surface area contributed by atoms with Gasteiger partial charge in [0.25, 0.3) is 0 Å². The number of fused-ring (bicyclic) bond motifs is 11. The first-order valence-corrected chi connectivity index (χ1v) is 18.0. The number of nitrogens with zero attached hydrogens (tertiary/aromatic N) is 2. The standard InChI is InChI=1S/C40H28N4S.C7H8/c1-3-10-24(4-2)39(41)43-40(42)25-11-9-12-26(23-25)44-33-15-7-5-13-31(33)37-29-17-18-30-28(27(29)19-21-34(37)44)20-22-36-38(30)32-14-6-8-16-35(32)45-36;1-7-5-3-2-4-6-7/h3-23H,1-2H2,(H3,41,42,43);2-6H,1H3/b24-10+;. The van der Waals surface area contributed by atoms with Crippen LogP contribution in [0, 0.1) is 12.3 Å². The number of aromatic nitrogens is 1. The molecule has 52 heavy (non-hydrogen) atoms. The van der Waals surface area contributed by atoms with Gasteiger partial charge < -0.3 is 10.3 Å². The molecular formula is C47H36N4S. The molecule has 0 aliphatic rings. The average molecular weight is 689 g/mol. The molecule has 0 saturated heterocycles. The number of rotatable bonds is 5. The minimum atomic E-state index is 0.0380. The Balaban J connectivity index is 0.000000497. The predicted octanol–water partition coefficient (Wildman–Crippen LogP) is 12.4. The fourth-order valence-electron chi connectivity index (χ4n) is 7.15. The summed E-state index contributed by atoms with van der Waals surface area (Å²) in [5, 5.41) is 18.5. The van der Waals surface area contributed by atoms with Crippen molar-refractivity contribution in [1.82, 2.24) is 4.57 Å². The molecule has 9 aromatic rings. The molecule has 2 aromatic heterocycles. The Hall–Kier alpha value is -6.56. The summed E-state index contributed by atoms with van der Waals surface area (Å²) in [6, 6.07) is 49.2. The van der Waals surface area contributed by atoms with E-state index in [-0.39, 0.29) is 11.7 Å². The number of hydrogen-bond donors (Lipinski definition) is 2. The van der Waals surface area contributed by atoms with Crippen molar-refractivity contribution in [3.63, 3.8) is 0 Å². The zero-order valence-electron chi connectivity index (χ0n) is 28.8. The van der Waals surface area contributed by atoms with E-state index in [0.29, 0.717) is 5.57 Å². The van der Waals surface area contributed by atoms with Gasteiger partial charge in [0, 0.05) is 47.8 Å². The van der Waals surface area contributed by atoms with Crippen LogP contribution in [0.2, 0.25) is 0 Å². The van der Waals surface area contributed by atoms with E-state index >= 15 is 0 Å².